The van der Waals surface area contributed by atoms with Crippen LogP contribution in [0.15, 0.2) is 24.3 Å². The molecule has 0 aliphatic heterocycles. The fourth-order valence-electron chi connectivity index (χ4n) is 2.55. The highest BCUT2D eigenvalue weighted by Crippen LogP contribution is 2.22. The standard InChI is InChI=1S/C16H22FNO2/c1-12(20-15-9-7-14(17)8-10-15)16(19)18-11-13-5-3-2-4-6-13/h7-10,12-13H,2-6,11H2,1H3,(H,18,19)/t12-/m0/s1. The van der Waals surface area contributed by atoms with Crippen molar-refractivity contribution < 1.29 is 13.9 Å². The lowest BCUT2D eigenvalue weighted by Crippen LogP contribution is -2.39. The molecule has 3 nitrogen and oxygen atoms in total. The molecular formula is C16H22FNO2. The van der Waals surface area contributed by atoms with E-state index in [2.05, 4.69) is 5.32 Å². The molecule has 1 N–H and O–H groups in total. The Balaban J connectivity index is 1.75. The Bertz CT molecular complexity index is 427. The van der Waals surface area contributed by atoms with E-state index in [9.17, 15) is 9.18 Å². The van der Waals surface area contributed by atoms with Gasteiger partial charge in [0.25, 0.3) is 5.91 Å². The van der Waals surface area contributed by atoms with Crippen molar-refractivity contribution in [2.45, 2.75) is 45.1 Å². The van der Waals surface area contributed by atoms with Crippen molar-refractivity contribution in [3.05, 3.63) is 30.1 Å². The fourth-order valence-corrected chi connectivity index (χ4v) is 2.55. The molecule has 0 unspecified atom stereocenters. The Morgan fingerprint density at radius 1 is 1.30 bits per heavy atom. The lowest BCUT2D eigenvalue weighted by Gasteiger charge is -2.22. The Morgan fingerprint density at radius 2 is 1.95 bits per heavy atom. The van der Waals surface area contributed by atoms with Crippen molar-refractivity contribution in [1.29, 1.82) is 0 Å². The van der Waals surface area contributed by atoms with E-state index in [0.29, 0.717) is 11.7 Å². The first kappa shape index (κ1) is 14.8. The van der Waals surface area contributed by atoms with Crippen LogP contribution in [0.3, 0.4) is 0 Å². The third-order valence-electron chi connectivity index (χ3n) is 3.79. The van der Waals surface area contributed by atoms with Crippen molar-refractivity contribution in [3.8, 4) is 5.75 Å². The first-order valence-corrected chi connectivity index (χ1v) is 7.35. The SMILES string of the molecule is C[C@H](Oc1ccc(F)cc1)C(=O)NCC1CCCCC1. The molecule has 0 heterocycles. The molecule has 1 fully saturated rings. The number of hydrogen-bond donors (Lipinski definition) is 1. The first-order valence-electron chi connectivity index (χ1n) is 7.35. The number of amides is 1. The second-order valence-electron chi connectivity index (χ2n) is 5.46. The van der Waals surface area contributed by atoms with E-state index >= 15 is 0 Å². The van der Waals surface area contributed by atoms with E-state index in [1.54, 1.807) is 6.92 Å². The summed E-state index contributed by atoms with van der Waals surface area (Å²) in [5.41, 5.74) is 0. The van der Waals surface area contributed by atoms with Crippen molar-refractivity contribution in [2.24, 2.45) is 5.92 Å². The summed E-state index contributed by atoms with van der Waals surface area (Å²) in [5.74, 6) is 0.684. The minimum atomic E-state index is -0.566. The minimum absolute atomic E-state index is 0.111. The van der Waals surface area contributed by atoms with Gasteiger partial charge in [-0.15, -0.1) is 0 Å². The topological polar surface area (TPSA) is 38.3 Å². The molecule has 1 aliphatic carbocycles. The molecule has 1 amide bonds. The largest absolute Gasteiger partial charge is 0.481 e. The van der Waals surface area contributed by atoms with Gasteiger partial charge in [0.1, 0.15) is 11.6 Å². The van der Waals surface area contributed by atoms with Gasteiger partial charge in [0, 0.05) is 6.54 Å². The number of ether oxygens (including phenoxy) is 1. The highest BCUT2D eigenvalue weighted by atomic mass is 19.1. The minimum Gasteiger partial charge on any atom is -0.481 e. The predicted octanol–water partition coefficient (Wildman–Crippen LogP) is 3.29. The average Bonchev–Trinajstić information content (AvgIpc) is 2.48. The zero-order chi connectivity index (χ0) is 14.4. The second-order valence-corrected chi connectivity index (χ2v) is 5.46. The summed E-state index contributed by atoms with van der Waals surface area (Å²) < 4.78 is 18.3. The van der Waals surface area contributed by atoms with Crippen LogP contribution in [0.2, 0.25) is 0 Å². The van der Waals surface area contributed by atoms with Crippen molar-refractivity contribution in [3.63, 3.8) is 0 Å². The first-order chi connectivity index (χ1) is 9.65. The molecule has 1 aromatic carbocycles. The number of nitrogens with one attached hydrogen (secondary N) is 1. The number of carbonyl (C=O) groups excluding carboxylic acids is 1. The van der Waals surface area contributed by atoms with Crippen LogP contribution in [0.4, 0.5) is 4.39 Å². The number of hydrogen-bond acceptors (Lipinski definition) is 2. The zero-order valence-electron chi connectivity index (χ0n) is 11.9. The van der Waals surface area contributed by atoms with Gasteiger partial charge in [0.05, 0.1) is 0 Å². The van der Waals surface area contributed by atoms with Gasteiger partial charge in [-0.3, -0.25) is 4.79 Å². The number of carbonyl (C=O) groups is 1. The number of halogens is 1. The summed E-state index contributed by atoms with van der Waals surface area (Å²) in [5, 5.41) is 2.95. The van der Waals surface area contributed by atoms with Gasteiger partial charge in [0.15, 0.2) is 6.10 Å². The van der Waals surface area contributed by atoms with Gasteiger partial charge in [0.2, 0.25) is 0 Å². The predicted molar refractivity (Wildman–Crippen MR) is 76.1 cm³/mol. The number of rotatable bonds is 5. The molecule has 20 heavy (non-hydrogen) atoms. The maximum absolute atomic E-state index is 12.8. The summed E-state index contributed by atoms with van der Waals surface area (Å²) in [6.07, 6.45) is 5.68. The fraction of sp³-hybridized carbons (Fsp3) is 0.562. The highest BCUT2D eigenvalue weighted by Gasteiger charge is 2.18. The van der Waals surface area contributed by atoms with Crippen molar-refractivity contribution in [1.82, 2.24) is 5.32 Å². The lowest BCUT2D eigenvalue weighted by molar-refractivity contribution is -0.127. The van der Waals surface area contributed by atoms with Crippen LogP contribution in [0.5, 0.6) is 5.75 Å². The third kappa shape index (κ3) is 4.51. The van der Waals surface area contributed by atoms with Gasteiger partial charge in [-0.05, 0) is 49.9 Å². The van der Waals surface area contributed by atoms with Crippen LogP contribution in [0.25, 0.3) is 0 Å². The van der Waals surface area contributed by atoms with E-state index in [1.807, 2.05) is 0 Å². The van der Waals surface area contributed by atoms with E-state index in [1.165, 1.54) is 56.4 Å². The van der Waals surface area contributed by atoms with Crippen LogP contribution in [-0.2, 0) is 4.79 Å². The maximum atomic E-state index is 12.8. The maximum Gasteiger partial charge on any atom is 0.260 e. The van der Waals surface area contributed by atoms with Crippen molar-refractivity contribution in [2.75, 3.05) is 6.54 Å². The van der Waals surface area contributed by atoms with Gasteiger partial charge in [-0.1, -0.05) is 19.3 Å². The molecule has 0 aromatic heterocycles. The number of benzene rings is 1. The summed E-state index contributed by atoms with van der Waals surface area (Å²) >= 11 is 0. The molecule has 110 valence electrons. The Kier molecular flexibility index (Phi) is 5.39. The summed E-state index contributed by atoms with van der Waals surface area (Å²) in [6, 6.07) is 5.70. The quantitative estimate of drug-likeness (QED) is 0.898. The lowest BCUT2D eigenvalue weighted by atomic mass is 9.89. The Morgan fingerprint density at radius 3 is 2.60 bits per heavy atom. The molecule has 2 rings (SSSR count). The van der Waals surface area contributed by atoms with Crippen LogP contribution < -0.4 is 10.1 Å². The second kappa shape index (κ2) is 7.27. The van der Waals surface area contributed by atoms with E-state index in [4.69, 9.17) is 4.74 Å². The molecule has 0 radical (unpaired) electrons. The van der Waals surface area contributed by atoms with Gasteiger partial charge >= 0.3 is 0 Å². The van der Waals surface area contributed by atoms with E-state index in [0.717, 1.165) is 6.54 Å². The van der Waals surface area contributed by atoms with Crippen LogP contribution in [0, 0.1) is 11.7 Å². The van der Waals surface area contributed by atoms with E-state index in [-0.39, 0.29) is 11.7 Å². The molecule has 1 aromatic rings. The smallest absolute Gasteiger partial charge is 0.260 e. The summed E-state index contributed by atoms with van der Waals surface area (Å²) in [6.45, 7) is 2.44. The van der Waals surface area contributed by atoms with Gasteiger partial charge in [-0.25, -0.2) is 4.39 Å². The molecule has 0 spiro atoms. The highest BCUT2D eigenvalue weighted by molar-refractivity contribution is 5.80. The molecule has 1 aliphatic rings. The molecule has 0 saturated heterocycles. The third-order valence-corrected chi connectivity index (χ3v) is 3.79. The molecule has 4 heteroatoms. The van der Waals surface area contributed by atoms with Crippen LogP contribution >= 0.6 is 0 Å². The van der Waals surface area contributed by atoms with Gasteiger partial charge in [-0.2, -0.15) is 0 Å². The summed E-state index contributed by atoms with van der Waals surface area (Å²) in [4.78, 5) is 11.9. The molecule has 1 atom stereocenters. The van der Waals surface area contributed by atoms with E-state index < -0.39 is 6.10 Å². The zero-order valence-corrected chi connectivity index (χ0v) is 11.9. The molecular weight excluding hydrogens is 257 g/mol. The molecule has 1 saturated carbocycles. The normalized spacial score (nSPS) is 17.5. The molecule has 0 bridgehead atoms. The van der Waals surface area contributed by atoms with Crippen LogP contribution in [0.1, 0.15) is 39.0 Å². The van der Waals surface area contributed by atoms with Crippen LogP contribution in [-0.4, -0.2) is 18.6 Å². The van der Waals surface area contributed by atoms with Gasteiger partial charge < -0.3 is 10.1 Å². The monoisotopic (exact) mass is 279 g/mol. The summed E-state index contributed by atoms with van der Waals surface area (Å²) in [7, 11) is 0. The average molecular weight is 279 g/mol. The van der Waals surface area contributed by atoms with Crippen molar-refractivity contribution >= 4 is 5.91 Å². The Labute approximate surface area is 119 Å². The Hall–Kier alpha value is -1.58.